The lowest BCUT2D eigenvalue weighted by atomic mass is 9.59. The second-order valence-corrected chi connectivity index (χ2v) is 11.9. The van der Waals surface area contributed by atoms with Gasteiger partial charge in [0, 0.05) is 25.2 Å². The second-order valence-electron chi connectivity index (χ2n) is 11.9. The summed E-state index contributed by atoms with van der Waals surface area (Å²) in [6.07, 6.45) is 9.59. The average molecular weight is 476 g/mol. The fourth-order valence-electron chi connectivity index (χ4n) is 7.25. The molecule has 0 aromatic heterocycles. The Balaban J connectivity index is 1.09. The molecule has 2 aliphatic carbocycles. The quantitative estimate of drug-likeness (QED) is 0.487. The van der Waals surface area contributed by atoms with Crippen LogP contribution >= 0.6 is 0 Å². The molecule has 2 atom stereocenters. The third-order valence-electron chi connectivity index (χ3n) is 8.47. The number of ether oxygens (including phenoxy) is 1. The number of amides is 1. The maximum absolute atomic E-state index is 12.6. The van der Waals surface area contributed by atoms with Crippen LogP contribution < -0.4 is 15.8 Å². The lowest BCUT2D eigenvalue weighted by molar-refractivity contribution is 0.00589. The standard InChI is InChI=1S/C30H41N3O2/c1-21-15-22-17-23(16-21)19-30(2,18-22)20-33-13-11-26(12-14-33)35-25-9-7-24(8-10-25)29(34)32-28-6-4-3-5-27(28)31/h3-10,21-23,26H,11-20,31H2,1-2H3,(H,32,34). The molecule has 5 heteroatoms. The minimum Gasteiger partial charge on any atom is -0.490 e. The minimum atomic E-state index is -0.169. The van der Waals surface area contributed by atoms with Gasteiger partial charge in [0.05, 0.1) is 11.4 Å². The fourth-order valence-corrected chi connectivity index (χ4v) is 7.25. The molecule has 35 heavy (non-hydrogen) atoms. The Morgan fingerprint density at radius 2 is 1.69 bits per heavy atom. The van der Waals surface area contributed by atoms with E-state index in [1.807, 2.05) is 36.4 Å². The third-order valence-corrected chi connectivity index (χ3v) is 8.47. The van der Waals surface area contributed by atoms with E-state index in [4.69, 9.17) is 10.5 Å². The van der Waals surface area contributed by atoms with Gasteiger partial charge in [-0.3, -0.25) is 4.79 Å². The predicted molar refractivity (Wildman–Crippen MR) is 143 cm³/mol. The van der Waals surface area contributed by atoms with Gasteiger partial charge < -0.3 is 20.7 Å². The van der Waals surface area contributed by atoms with Gasteiger partial charge >= 0.3 is 0 Å². The lowest BCUT2D eigenvalue weighted by Crippen LogP contribution is -2.47. The number of rotatable bonds is 6. The van der Waals surface area contributed by atoms with Crippen molar-refractivity contribution in [3.63, 3.8) is 0 Å². The van der Waals surface area contributed by atoms with E-state index in [-0.39, 0.29) is 12.0 Å². The Morgan fingerprint density at radius 1 is 1.03 bits per heavy atom. The normalized spacial score (nSPS) is 29.5. The van der Waals surface area contributed by atoms with Crippen LogP contribution in [0.3, 0.4) is 0 Å². The highest BCUT2D eigenvalue weighted by Crippen LogP contribution is 2.50. The Labute approximate surface area is 210 Å². The van der Waals surface area contributed by atoms with Crippen molar-refractivity contribution in [2.75, 3.05) is 30.7 Å². The van der Waals surface area contributed by atoms with Crippen molar-refractivity contribution in [3.05, 3.63) is 54.1 Å². The summed E-state index contributed by atoms with van der Waals surface area (Å²) in [7, 11) is 0. The molecule has 2 unspecified atom stereocenters. The second kappa shape index (κ2) is 10.2. The molecule has 1 amide bonds. The van der Waals surface area contributed by atoms with Crippen LogP contribution in [0.25, 0.3) is 0 Å². The molecule has 0 radical (unpaired) electrons. The smallest absolute Gasteiger partial charge is 0.255 e. The molecule has 2 aromatic carbocycles. The zero-order valence-electron chi connectivity index (χ0n) is 21.3. The van der Waals surface area contributed by atoms with Crippen molar-refractivity contribution >= 4 is 17.3 Å². The number of fused-ring (bicyclic) bond motifs is 2. The predicted octanol–water partition coefficient (Wildman–Crippen LogP) is 6.22. The molecule has 188 valence electrons. The molecule has 2 bridgehead atoms. The van der Waals surface area contributed by atoms with Gasteiger partial charge in [-0.25, -0.2) is 0 Å². The van der Waals surface area contributed by atoms with Crippen LogP contribution in [0, 0.1) is 23.2 Å². The van der Waals surface area contributed by atoms with E-state index < -0.39 is 0 Å². The van der Waals surface area contributed by atoms with Crippen LogP contribution in [0.5, 0.6) is 5.75 Å². The van der Waals surface area contributed by atoms with Crippen LogP contribution in [0.2, 0.25) is 0 Å². The summed E-state index contributed by atoms with van der Waals surface area (Å²) in [5.74, 6) is 3.51. The van der Waals surface area contributed by atoms with Crippen molar-refractivity contribution in [2.24, 2.45) is 23.2 Å². The van der Waals surface area contributed by atoms with Gasteiger partial charge in [-0.15, -0.1) is 0 Å². The number of anilines is 2. The number of nitrogens with zero attached hydrogens (tertiary/aromatic N) is 1. The maximum Gasteiger partial charge on any atom is 0.255 e. The first kappa shape index (κ1) is 24.2. The first-order valence-electron chi connectivity index (χ1n) is 13.5. The van der Waals surface area contributed by atoms with Gasteiger partial charge in [-0.05, 0) is 105 Å². The molecular formula is C30H41N3O2. The van der Waals surface area contributed by atoms with Gasteiger partial charge in [0.25, 0.3) is 5.91 Å². The summed E-state index contributed by atoms with van der Waals surface area (Å²) in [6, 6.07) is 14.7. The molecule has 2 aromatic rings. The molecule has 5 rings (SSSR count). The van der Waals surface area contributed by atoms with Crippen molar-refractivity contribution < 1.29 is 9.53 Å². The summed E-state index contributed by atoms with van der Waals surface area (Å²) in [5.41, 5.74) is 8.20. The van der Waals surface area contributed by atoms with E-state index in [1.54, 1.807) is 12.1 Å². The number of likely N-dealkylation sites (tertiary alicyclic amines) is 1. The van der Waals surface area contributed by atoms with Crippen molar-refractivity contribution in [3.8, 4) is 5.75 Å². The summed E-state index contributed by atoms with van der Waals surface area (Å²) >= 11 is 0. The number of carbonyl (C=O) groups excluding carboxylic acids is 1. The average Bonchev–Trinajstić information content (AvgIpc) is 2.81. The van der Waals surface area contributed by atoms with E-state index in [0.717, 1.165) is 49.4 Å². The van der Waals surface area contributed by atoms with Gasteiger partial charge in [-0.2, -0.15) is 0 Å². The van der Waals surface area contributed by atoms with Crippen LogP contribution in [0.4, 0.5) is 11.4 Å². The van der Waals surface area contributed by atoms with Crippen LogP contribution in [0.15, 0.2) is 48.5 Å². The highest BCUT2D eigenvalue weighted by atomic mass is 16.5. The Bertz CT molecular complexity index is 995. The number of nitrogens with two attached hydrogens (primary N) is 1. The fraction of sp³-hybridized carbons (Fsp3) is 0.567. The van der Waals surface area contributed by atoms with E-state index in [0.29, 0.717) is 22.4 Å². The van der Waals surface area contributed by atoms with Crippen LogP contribution in [-0.2, 0) is 0 Å². The summed E-state index contributed by atoms with van der Waals surface area (Å²) in [6.45, 7) is 8.48. The molecule has 3 fully saturated rings. The Morgan fingerprint density at radius 3 is 2.34 bits per heavy atom. The molecular weight excluding hydrogens is 434 g/mol. The summed E-state index contributed by atoms with van der Waals surface area (Å²) in [5, 5.41) is 2.87. The van der Waals surface area contributed by atoms with Crippen LogP contribution in [-0.4, -0.2) is 36.5 Å². The lowest BCUT2D eigenvalue weighted by Gasteiger charge is -2.49. The number of para-hydroxylation sites is 2. The van der Waals surface area contributed by atoms with Gasteiger partial charge in [0.15, 0.2) is 0 Å². The molecule has 0 spiro atoms. The van der Waals surface area contributed by atoms with E-state index in [1.165, 1.54) is 38.6 Å². The zero-order valence-corrected chi connectivity index (χ0v) is 21.3. The van der Waals surface area contributed by atoms with Crippen molar-refractivity contribution in [1.29, 1.82) is 0 Å². The van der Waals surface area contributed by atoms with Gasteiger partial charge in [-0.1, -0.05) is 26.0 Å². The number of benzene rings is 2. The highest BCUT2D eigenvalue weighted by molar-refractivity contribution is 6.05. The third kappa shape index (κ3) is 6.00. The summed E-state index contributed by atoms with van der Waals surface area (Å²) < 4.78 is 6.28. The number of hydrogen-bond donors (Lipinski definition) is 2. The largest absolute Gasteiger partial charge is 0.490 e. The van der Waals surface area contributed by atoms with Gasteiger partial charge in [0.2, 0.25) is 0 Å². The molecule has 3 aliphatic rings. The van der Waals surface area contributed by atoms with E-state index >= 15 is 0 Å². The number of nitrogen functional groups attached to an aromatic ring is 1. The minimum absolute atomic E-state index is 0.169. The maximum atomic E-state index is 12.6. The molecule has 2 saturated carbocycles. The molecule has 5 nitrogen and oxygen atoms in total. The molecule has 1 saturated heterocycles. The monoisotopic (exact) mass is 475 g/mol. The number of piperidine rings is 1. The van der Waals surface area contributed by atoms with Crippen LogP contribution in [0.1, 0.15) is 69.2 Å². The molecule has 1 heterocycles. The molecule has 3 N–H and O–H groups in total. The van der Waals surface area contributed by atoms with E-state index in [2.05, 4.69) is 24.1 Å². The molecule has 1 aliphatic heterocycles. The first-order valence-corrected chi connectivity index (χ1v) is 13.5. The van der Waals surface area contributed by atoms with Gasteiger partial charge in [0.1, 0.15) is 11.9 Å². The topological polar surface area (TPSA) is 67.6 Å². The zero-order chi connectivity index (χ0) is 24.4. The Hall–Kier alpha value is -2.53. The van der Waals surface area contributed by atoms with Crippen molar-refractivity contribution in [1.82, 2.24) is 4.90 Å². The highest BCUT2D eigenvalue weighted by Gasteiger charge is 2.42. The number of carbonyl (C=O) groups is 1. The SMILES string of the molecule is CC1CC2CC(C1)CC(C)(CN1CCC(Oc3ccc(C(=O)Nc4ccccc4N)cc3)CC1)C2. The van der Waals surface area contributed by atoms with Crippen molar-refractivity contribution in [2.45, 2.75) is 64.9 Å². The summed E-state index contributed by atoms with van der Waals surface area (Å²) in [4.78, 5) is 15.2. The number of hydrogen-bond acceptors (Lipinski definition) is 4. The number of nitrogens with one attached hydrogen (secondary N) is 1. The van der Waals surface area contributed by atoms with E-state index in [9.17, 15) is 4.79 Å². The Kier molecular flexibility index (Phi) is 7.06. The first-order chi connectivity index (χ1) is 16.8.